The summed E-state index contributed by atoms with van der Waals surface area (Å²) < 4.78 is 16.4. The van der Waals surface area contributed by atoms with E-state index in [0.29, 0.717) is 23.2 Å². The lowest BCUT2D eigenvalue weighted by Crippen LogP contribution is -2.18. The first-order valence-electron chi connectivity index (χ1n) is 9.22. The molecule has 2 amide bonds. The van der Waals surface area contributed by atoms with Gasteiger partial charge in [0.25, 0.3) is 0 Å². The van der Waals surface area contributed by atoms with Gasteiger partial charge in [-0.3, -0.25) is 9.59 Å². The van der Waals surface area contributed by atoms with Crippen molar-refractivity contribution in [1.29, 1.82) is 0 Å². The SMILES string of the molecule is C=CCn1c(CC(=O)Nc2ccccc2F)nnc1SCC(=O)Nc1ccc(Br)cc1. The van der Waals surface area contributed by atoms with E-state index in [1.807, 2.05) is 12.1 Å². The summed E-state index contributed by atoms with van der Waals surface area (Å²) in [7, 11) is 0. The fourth-order valence-corrected chi connectivity index (χ4v) is 3.66. The first-order chi connectivity index (χ1) is 15.0. The highest BCUT2D eigenvalue weighted by molar-refractivity contribution is 9.10. The summed E-state index contributed by atoms with van der Waals surface area (Å²) in [5.74, 6) is -0.625. The van der Waals surface area contributed by atoms with Crippen molar-refractivity contribution >= 4 is 50.9 Å². The monoisotopic (exact) mass is 503 g/mol. The van der Waals surface area contributed by atoms with Crippen LogP contribution in [0.5, 0.6) is 0 Å². The van der Waals surface area contributed by atoms with Crippen molar-refractivity contribution in [2.24, 2.45) is 0 Å². The van der Waals surface area contributed by atoms with E-state index in [4.69, 9.17) is 0 Å². The van der Waals surface area contributed by atoms with Crippen LogP contribution < -0.4 is 10.6 Å². The molecule has 0 fully saturated rings. The molecule has 0 spiro atoms. The van der Waals surface area contributed by atoms with Crippen LogP contribution in [0.2, 0.25) is 0 Å². The van der Waals surface area contributed by atoms with Gasteiger partial charge in [0.15, 0.2) is 5.16 Å². The number of amides is 2. The van der Waals surface area contributed by atoms with Gasteiger partial charge >= 0.3 is 0 Å². The van der Waals surface area contributed by atoms with Crippen LogP contribution in [0.25, 0.3) is 0 Å². The molecule has 0 aliphatic heterocycles. The van der Waals surface area contributed by atoms with E-state index in [1.165, 1.54) is 23.9 Å². The Morgan fingerprint density at radius 3 is 2.55 bits per heavy atom. The Kier molecular flexibility index (Phi) is 7.96. The van der Waals surface area contributed by atoms with Crippen LogP contribution in [0, 0.1) is 5.82 Å². The zero-order chi connectivity index (χ0) is 22.2. The number of aromatic nitrogens is 3. The second-order valence-corrected chi connectivity index (χ2v) is 8.20. The summed E-state index contributed by atoms with van der Waals surface area (Å²) in [6.45, 7) is 4.08. The van der Waals surface area contributed by atoms with Crippen molar-refractivity contribution in [3.05, 3.63) is 77.3 Å². The molecule has 0 saturated carbocycles. The van der Waals surface area contributed by atoms with E-state index in [-0.39, 0.29) is 23.8 Å². The lowest BCUT2D eigenvalue weighted by atomic mass is 10.3. The number of rotatable bonds is 9. The van der Waals surface area contributed by atoms with Crippen molar-refractivity contribution in [2.75, 3.05) is 16.4 Å². The zero-order valence-corrected chi connectivity index (χ0v) is 18.7. The summed E-state index contributed by atoms with van der Waals surface area (Å²) in [4.78, 5) is 24.6. The molecule has 0 aliphatic rings. The molecule has 0 unspecified atom stereocenters. The van der Waals surface area contributed by atoms with Crippen LogP contribution >= 0.6 is 27.7 Å². The number of nitrogens with zero attached hydrogens (tertiary/aromatic N) is 3. The maximum Gasteiger partial charge on any atom is 0.234 e. The van der Waals surface area contributed by atoms with Gasteiger partial charge in [-0.1, -0.05) is 45.9 Å². The van der Waals surface area contributed by atoms with Gasteiger partial charge in [-0.25, -0.2) is 4.39 Å². The number of halogens is 2. The molecule has 3 rings (SSSR count). The van der Waals surface area contributed by atoms with Crippen LogP contribution in [-0.2, 0) is 22.6 Å². The Bertz CT molecular complexity index is 1090. The fourth-order valence-electron chi connectivity index (χ4n) is 2.63. The molecular weight excluding hydrogens is 485 g/mol. The Morgan fingerprint density at radius 2 is 1.84 bits per heavy atom. The summed E-state index contributed by atoms with van der Waals surface area (Å²) >= 11 is 4.55. The number of benzene rings is 2. The number of para-hydroxylation sites is 1. The molecule has 3 aromatic rings. The average Bonchev–Trinajstić information content (AvgIpc) is 3.11. The first kappa shape index (κ1) is 22.7. The fraction of sp³-hybridized carbons (Fsp3) is 0.143. The number of carbonyl (C=O) groups is 2. The molecule has 0 saturated heterocycles. The lowest BCUT2D eigenvalue weighted by molar-refractivity contribution is -0.116. The number of thioether (sulfide) groups is 1. The molecule has 0 atom stereocenters. The number of allylic oxidation sites excluding steroid dienone is 1. The van der Waals surface area contributed by atoms with Gasteiger partial charge in [0, 0.05) is 16.7 Å². The van der Waals surface area contributed by atoms with Gasteiger partial charge in [0.05, 0.1) is 17.9 Å². The molecular formula is C21H19BrFN5O2S. The van der Waals surface area contributed by atoms with Crippen LogP contribution in [-0.4, -0.2) is 32.3 Å². The molecule has 7 nitrogen and oxygen atoms in total. The molecule has 0 radical (unpaired) electrons. The third-order valence-electron chi connectivity index (χ3n) is 4.03. The van der Waals surface area contributed by atoms with Crippen LogP contribution in [0.3, 0.4) is 0 Å². The number of anilines is 2. The first-order valence-corrected chi connectivity index (χ1v) is 11.0. The maximum absolute atomic E-state index is 13.7. The highest BCUT2D eigenvalue weighted by atomic mass is 79.9. The third-order valence-corrected chi connectivity index (χ3v) is 5.53. The number of carbonyl (C=O) groups excluding carboxylic acids is 2. The number of nitrogens with one attached hydrogen (secondary N) is 2. The van der Waals surface area contributed by atoms with Gasteiger partial charge in [0.1, 0.15) is 11.6 Å². The number of hydrogen-bond donors (Lipinski definition) is 2. The maximum atomic E-state index is 13.7. The molecule has 1 aromatic heterocycles. The van der Waals surface area contributed by atoms with Crippen molar-refractivity contribution in [1.82, 2.24) is 14.8 Å². The van der Waals surface area contributed by atoms with Gasteiger partial charge < -0.3 is 15.2 Å². The van der Waals surface area contributed by atoms with E-state index >= 15 is 0 Å². The van der Waals surface area contributed by atoms with Gasteiger partial charge in [0.2, 0.25) is 11.8 Å². The van der Waals surface area contributed by atoms with E-state index in [2.05, 4.69) is 43.3 Å². The molecule has 31 heavy (non-hydrogen) atoms. The summed E-state index contributed by atoms with van der Waals surface area (Å²) in [5, 5.41) is 14.0. The van der Waals surface area contributed by atoms with Crippen LogP contribution in [0.15, 0.2) is 70.8 Å². The van der Waals surface area contributed by atoms with Gasteiger partial charge in [-0.05, 0) is 36.4 Å². The molecule has 160 valence electrons. The minimum Gasteiger partial charge on any atom is -0.325 e. The van der Waals surface area contributed by atoms with Crippen molar-refractivity contribution in [3.63, 3.8) is 0 Å². The molecule has 1 heterocycles. The summed E-state index contributed by atoms with van der Waals surface area (Å²) in [6.07, 6.45) is 1.55. The number of hydrogen-bond acceptors (Lipinski definition) is 5. The molecule has 10 heteroatoms. The second kappa shape index (κ2) is 10.9. The molecule has 0 aliphatic carbocycles. The second-order valence-electron chi connectivity index (χ2n) is 6.35. The highest BCUT2D eigenvalue weighted by Crippen LogP contribution is 2.20. The van der Waals surface area contributed by atoms with Gasteiger partial charge in [-0.2, -0.15) is 0 Å². The topological polar surface area (TPSA) is 88.9 Å². The summed E-state index contributed by atoms with van der Waals surface area (Å²) in [5.41, 5.74) is 0.786. The molecule has 0 bridgehead atoms. The summed E-state index contributed by atoms with van der Waals surface area (Å²) in [6, 6.07) is 13.2. The van der Waals surface area contributed by atoms with Crippen molar-refractivity contribution in [3.8, 4) is 0 Å². The van der Waals surface area contributed by atoms with Crippen LogP contribution in [0.1, 0.15) is 5.82 Å². The minimum absolute atomic E-state index is 0.0964. The smallest absolute Gasteiger partial charge is 0.234 e. The Labute approximate surface area is 191 Å². The third kappa shape index (κ3) is 6.50. The lowest BCUT2D eigenvalue weighted by Gasteiger charge is -2.09. The predicted molar refractivity (Wildman–Crippen MR) is 122 cm³/mol. The van der Waals surface area contributed by atoms with Gasteiger partial charge in [-0.15, -0.1) is 16.8 Å². The quantitative estimate of drug-likeness (QED) is 0.336. The Balaban J connectivity index is 1.62. The van der Waals surface area contributed by atoms with Crippen molar-refractivity contribution < 1.29 is 14.0 Å². The van der Waals surface area contributed by atoms with E-state index in [0.717, 1.165) is 4.47 Å². The van der Waals surface area contributed by atoms with E-state index < -0.39 is 11.7 Å². The van der Waals surface area contributed by atoms with E-state index in [9.17, 15) is 14.0 Å². The standard InChI is InChI=1S/C21H19BrFN5O2S/c1-2-11-28-18(12-19(29)25-17-6-4-3-5-16(17)23)26-27-21(28)31-13-20(30)24-15-9-7-14(22)8-10-15/h2-10H,1,11-13H2,(H,24,30)(H,25,29). The Morgan fingerprint density at radius 1 is 1.10 bits per heavy atom. The Hall–Kier alpha value is -2.98. The normalized spacial score (nSPS) is 10.5. The van der Waals surface area contributed by atoms with Crippen molar-refractivity contribution in [2.45, 2.75) is 18.1 Å². The minimum atomic E-state index is -0.517. The molecule has 2 aromatic carbocycles. The highest BCUT2D eigenvalue weighted by Gasteiger charge is 2.17. The van der Waals surface area contributed by atoms with Crippen LogP contribution in [0.4, 0.5) is 15.8 Å². The largest absolute Gasteiger partial charge is 0.325 e. The average molecular weight is 504 g/mol. The zero-order valence-electron chi connectivity index (χ0n) is 16.3. The molecule has 2 N–H and O–H groups in total. The predicted octanol–water partition coefficient (Wildman–Crippen LogP) is 4.28. The van der Waals surface area contributed by atoms with E-state index in [1.54, 1.807) is 34.9 Å².